The van der Waals surface area contributed by atoms with Gasteiger partial charge >= 0.3 is 0 Å². The second-order valence-corrected chi connectivity index (χ2v) is 4.93. The highest BCUT2D eigenvalue weighted by Gasteiger charge is 2.32. The van der Waals surface area contributed by atoms with E-state index in [1.165, 1.54) is 6.07 Å². The molecule has 0 aliphatic carbocycles. The number of amides is 1. The van der Waals surface area contributed by atoms with Crippen LogP contribution >= 0.6 is 0 Å². The fraction of sp³-hybridized carbons (Fsp3) is 0.500. The second-order valence-electron chi connectivity index (χ2n) is 4.93. The van der Waals surface area contributed by atoms with Crippen molar-refractivity contribution < 1.29 is 9.18 Å². The van der Waals surface area contributed by atoms with E-state index in [0.29, 0.717) is 5.92 Å². The van der Waals surface area contributed by atoms with Crippen LogP contribution in [-0.2, 0) is 0 Å². The molecule has 0 saturated carbocycles. The van der Waals surface area contributed by atoms with Gasteiger partial charge in [-0.1, -0.05) is 26.0 Å². The number of hydrogen-bond donors (Lipinski definition) is 0. The van der Waals surface area contributed by atoms with Gasteiger partial charge in [-0.05, 0) is 30.9 Å². The van der Waals surface area contributed by atoms with Crippen LogP contribution in [0.1, 0.15) is 37.0 Å². The first-order valence-electron chi connectivity index (χ1n) is 6.16. The number of carbonyl (C=O) groups excluding carboxylic acids is 1. The van der Waals surface area contributed by atoms with E-state index in [1.54, 1.807) is 18.2 Å². The Morgan fingerprint density at radius 1 is 1.41 bits per heavy atom. The summed E-state index contributed by atoms with van der Waals surface area (Å²) in [6.07, 6.45) is 2.04. The molecule has 3 heteroatoms. The smallest absolute Gasteiger partial charge is 0.257 e. The SMILES string of the molecule is CC(C)C1CCCN1C(=O)c1ccccc1F. The molecule has 17 heavy (non-hydrogen) atoms. The number of nitrogens with zero attached hydrogens (tertiary/aromatic N) is 1. The topological polar surface area (TPSA) is 20.3 Å². The van der Waals surface area contributed by atoms with Gasteiger partial charge in [0.25, 0.3) is 5.91 Å². The summed E-state index contributed by atoms with van der Waals surface area (Å²) in [5.74, 6) is -0.167. The molecular formula is C14H18FNO. The quantitative estimate of drug-likeness (QED) is 0.771. The van der Waals surface area contributed by atoms with Crippen molar-refractivity contribution in [3.63, 3.8) is 0 Å². The molecule has 1 heterocycles. The molecule has 0 bridgehead atoms. The van der Waals surface area contributed by atoms with Crippen LogP contribution in [0.3, 0.4) is 0 Å². The number of halogens is 1. The van der Waals surface area contributed by atoms with Crippen LogP contribution in [0.15, 0.2) is 24.3 Å². The summed E-state index contributed by atoms with van der Waals surface area (Å²) in [6, 6.07) is 6.47. The minimum Gasteiger partial charge on any atom is -0.335 e. The lowest BCUT2D eigenvalue weighted by Crippen LogP contribution is -2.38. The lowest BCUT2D eigenvalue weighted by molar-refractivity contribution is 0.0697. The highest BCUT2D eigenvalue weighted by atomic mass is 19.1. The largest absolute Gasteiger partial charge is 0.335 e. The van der Waals surface area contributed by atoms with Crippen molar-refractivity contribution in [1.82, 2.24) is 4.90 Å². The van der Waals surface area contributed by atoms with Gasteiger partial charge in [0.05, 0.1) is 5.56 Å². The average molecular weight is 235 g/mol. The second kappa shape index (κ2) is 4.86. The maximum atomic E-state index is 13.6. The van der Waals surface area contributed by atoms with E-state index in [2.05, 4.69) is 13.8 Å². The molecule has 0 spiro atoms. The molecule has 2 nitrogen and oxygen atoms in total. The van der Waals surface area contributed by atoms with Crippen LogP contribution in [0.2, 0.25) is 0 Å². The molecule has 92 valence electrons. The molecule has 0 N–H and O–H groups in total. The zero-order valence-corrected chi connectivity index (χ0v) is 10.3. The predicted octanol–water partition coefficient (Wildman–Crippen LogP) is 3.09. The van der Waals surface area contributed by atoms with Crippen molar-refractivity contribution >= 4 is 5.91 Å². The molecule has 0 radical (unpaired) electrons. The van der Waals surface area contributed by atoms with Crippen LogP contribution in [0, 0.1) is 11.7 Å². The Morgan fingerprint density at radius 2 is 2.12 bits per heavy atom. The van der Waals surface area contributed by atoms with Crippen molar-refractivity contribution in [3.8, 4) is 0 Å². The van der Waals surface area contributed by atoms with Crippen LogP contribution in [0.5, 0.6) is 0 Å². The van der Waals surface area contributed by atoms with Gasteiger partial charge < -0.3 is 4.90 Å². The summed E-state index contributed by atoms with van der Waals surface area (Å²) in [5.41, 5.74) is 0.194. The molecule has 1 aliphatic heterocycles. The summed E-state index contributed by atoms with van der Waals surface area (Å²) >= 11 is 0. The molecule has 1 unspecified atom stereocenters. The number of hydrogen-bond acceptors (Lipinski definition) is 1. The fourth-order valence-corrected chi connectivity index (χ4v) is 2.53. The van der Waals surface area contributed by atoms with Gasteiger partial charge in [0.2, 0.25) is 0 Å². The highest BCUT2D eigenvalue weighted by Crippen LogP contribution is 2.26. The molecule has 1 amide bonds. The molecule has 0 aromatic heterocycles. The molecule has 1 fully saturated rings. The standard InChI is InChI=1S/C14H18FNO/c1-10(2)13-8-5-9-16(13)14(17)11-6-3-4-7-12(11)15/h3-4,6-7,10,13H,5,8-9H2,1-2H3. The molecule has 1 aliphatic rings. The maximum Gasteiger partial charge on any atom is 0.257 e. The Balaban J connectivity index is 2.23. The maximum absolute atomic E-state index is 13.6. The zero-order chi connectivity index (χ0) is 12.4. The Kier molecular flexibility index (Phi) is 3.46. The summed E-state index contributed by atoms with van der Waals surface area (Å²) in [5, 5.41) is 0. The Hall–Kier alpha value is -1.38. The molecule has 1 aromatic rings. The van der Waals surface area contributed by atoms with Crippen molar-refractivity contribution in [3.05, 3.63) is 35.6 Å². The van der Waals surface area contributed by atoms with Gasteiger partial charge in [0.1, 0.15) is 5.82 Å². The summed E-state index contributed by atoms with van der Waals surface area (Å²) in [6.45, 7) is 4.96. The first-order valence-corrected chi connectivity index (χ1v) is 6.16. The van der Waals surface area contributed by atoms with Crippen LogP contribution < -0.4 is 0 Å². The highest BCUT2D eigenvalue weighted by molar-refractivity contribution is 5.94. The van der Waals surface area contributed by atoms with Gasteiger partial charge in [-0.25, -0.2) is 4.39 Å². The van der Waals surface area contributed by atoms with E-state index in [0.717, 1.165) is 19.4 Å². The molecule has 1 atom stereocenters. The van der Waals surface area contributed by atoms with Crippen molar-refractivity contribution in [2.75, 3.05) is 6.54 Å². The summed E-state index contributed by atoms with van der Waals surface area (Å²) in [7, 11) is 0. The van der Waals surface area contributed by atoms with Gasteiger partial charge in [-0.2, -0.15) is 0 Å². The minimum atomic E-state index is -0.424. The van der Waals surface area contributed by atoms with E-state index in [-0.39, 0.29) is 17.5 Å². The molecule has 1 aromatic carbocycles. The third-order valence-electron chi connectivity index (χ3n) is 3.43. The van der Waals surface area contributed by atoms with Crippen LogP contribution in [0.25, 0.3) is 0 Å². The third kappa shape index (κ3) is 2.33. The Bertz CT molecular complexity index is 416. The Labute approximate surface area is 101 Å². The van der Waals surface area contributed by atoms with Crippen molar-refractivity contribution in [2.45, 2.75) is 32.7 Å². The third-order valence-corrected chi connectivity index (χ3v) is 3.43. The molecule has 2 rings (SSSR count). The van der Waals surface area contributed by atoms with Gasteiger partial charge in [-0.15, -0.1) is 0 Å². The first-order chi connectivity index (χ1) is 8.11. The van der Waals surface area contributed by atoms with Crippen molar-refractivity contribution in [1.29, 1.82) is 0 Å². The van der Waals surface area contributed by atoms with E-state index in [4.69, 9.17) is 0 Å². The number of likely N-dealkylation sites (tertiary alicyclic amines) is 1. The van der Waals surface area contributed by atoms with E-state index >= 15 is 0 Å². The molecule has 1 saturated heterocycles. The lowest BCUT2D eigenvalue weighted by Gasteiger charge is -2.27. The predicted molar refractivity (Wildman–Crippen MR) is 65.3 cm³/mol. The molecular weight excluding hydrogens is 217 g/mol. The minimum absolute atomic E-state index is 0.167. The van der Waals surface area contributed by atoms with Gasteiger partial charge in [-0.3, -0.25) is 4.79 Å². The van der Waals surface area contributed by atoms with Crippen LogP contribution in [0.4, 0.5) is 4.39 Å². The number of carbonyl (C=O) groups is 1. The van der Waals surface area contributed by atoms with E-state index < -0.39 is 5.82 Å². The summed E-state index contributed by atoms with van der Waals surface area (Å²) < 4.78 is 13.6. The fourth-order valence-electron chi connectivity index (χ4n) is 2.53. The Morgan fingerprint density at radius 3 is 2.76 bits per heavy atom. The van der Waals surface area contributed by atoms with Gasteiger partial charge in [0.15, 0.2) is 0 Å². The van der Waals surface area contributed by atoms with Crippen molar-refractivity contribution in [2.24, 2.45) is 5.92 Å². The lowest BCUT2D eigenvalue weighted by atomic mass is 10.0. The monoisotopic (exact) mass is 235 g/mol. The summed E-state index contributed by atoms with van der Waals surface area (Å²) in [4.78, 5) is 14.1. The normalized spacial score (nSPS) is 20.0. The van der Waals surface area contributed by atoms with Crippen LogP contribution in [-0.4, -0.2) is 23.4 Å². The van der Waals surface area contributed by atoms with Gasteiger partial charge in [0, 0.05) is 12.6 Å². The zero-order valence-electron chi connectivity index (χ0n) is 10.3. The van der Waals surface area contributed by atoms with E-state index in [9.17, 15) is 9.18 Å². The number of benzene rings is 1. The number of rotatable bonds is 2. The first kappa shape index (κ1) is 12.1. The average Bonchev–Trinajstić information content (AvgIpc) is 2.77. The van der Waals surface area contributed by atoms with E-state index in [1.807, 2.05) is 4.90 Å².